The van der Waals surface area contributed by atoms with Crippen LogP contribution in [0.25, 0.3) is 11.2 Å². The number of aromatic nitrogens is 6. The lowest BCUT2D eigenvalue weighted by molar-refractivity contribution is -0.0600. The number of imidazole rings is 1. The van der Waals surface area contributed by atoms with E-state index in [-0.39, 0.29) is 35.6 Å². The summed E-state index contributed by atoms with van der Waals surface area (Å²) in [5, 5.41) is 24.2. The summed E-state index contributed by atoms with van der Waals surface area (Å²) < 4.78 is 51.7. The molecule has 7 N–H and O–H groups in total. The lowest BCUT2D eigenvalue weighted by atomic mass is 10.1. The molecule has 3 aliphatic rings. The first kappa shape index (κ1) is 35.5. The monoisotopic (exact) mass is 713 g/mol. The van der Waals surface area contributed by atoms with E-state index in [1.54, 1.807) is 0 Å². The number of aryl methyl sites for hydroxylation is 1. The number of nitrogens with two attached hydrogens (primary N) is 1. The van der Waals surface area contributed by atoms with Crippen LogP contribution in [-0.4, -0.2) is 134 Å². The van der Waals surface area contributed by atoms with Crippen molar-refractivity contribution in [1.29, 1.82) is 0 Å². The molecule has 0 saturated carbocycles. The topological polar surface area (TPSA) is 273 Å². The van der Waals surface area contributed by atoms with Crippen LogP contribution < -0.4 is 27.6 Å². The van der Waals surface area contributed by atoms with E-state index in [0.717, 1.165) is 0 Å². The van der Waals surface area contributed by atoms with Gasteiger partial charge in [-0.25, -0.2) is 19.4 Å². The summed E-state index contributed by atoms with van der Waals surface area (Å²) in [6.07, 6.45) is -4.75. The standard InChI is InChI=1S/C27H40N9O12P/c1-14-10-35(27(41)33-23(14)39)18-9-15(16(11-37)46-18)48-49(42,30-3-4-34-5-7-44-8-6-34)45-12-17-20(38)21(43-2)25(47-17)36-13-29-19-22(36)31-26(28)32-24(19)40/h10,13,15-18,20-21,25,37-38H,3-9,11-12H2,1-2H3,(H,30,42)(H,33,39,41)(H3,28,31,32,40)/t15-,16-,17-,18-,20+,21?,25-,49?/m1/s1. The molecule has 270 valence electrons. The zero-order valence-electron chi connectivity index (χ0n) is 26.8. The Morgan fingerprint density at radius 2 is 1.92 bits per heavy atom. The number of hydrogen-bond donors (Lipinski definition) is 6. The van der Waals surface area contributed by atoms with E-state index in [1.165, 1.54) is 35.7 Å². The second-order valence-corrected chi connectivity index (χ2v) is 13.6. The molecule has 6 rings (SSSR count). The highest BCUT2D eigenvalue weighted by atomic mass is 31.2. The molecule has 8 atom stereocenters. The number of nitrogen functional groups attached to an aromatic ring is 1. The number of morpholine rings is 1. The fraction of sp³-hybridized carbons (Fsp3) is 0.667. The fourth-order valence-corrected chi connectivity index (χ4v) is 7.57. The first-order chi connectivity index (χ1) is 23.5. The van der Waals surface area contributed by atoms with Crippen LogP contribution in [-0.2, 0) is 32.6 Å². The Labute approximate surface area is 277 Å². The van der Waals surface area contributed by atoms with Crippen molar-refractivity contribution in [3.8, 4) is 0 Å². The molecule has 0 spiro atoms. The number of hydrogen-bond acceptors (Lipinski definition) is 16. The van der Waals surface area contributed by atoms with Crippen molar-refractivity contribution in [1.82, 2.24) is 39.1 Å². The fourth-order valence-electron chi connectivity index (χ4n) is 6.04. The van der Waals surface area contributed by atoms with Gasteiger partial charge in [0.15, 0.2) is 17.4 Å². The van der Waals surface area contributed by atoms with Crippen LogP contribution in [0.5, 0.6) is 0 Å². The predicted molar refractivity (Wildman–Crippen MR) is 169 cm³/mol. The van der Waals surface area contributed by atoms with Gasteiger partial charge in [-0.3, -0.25) is 42.6 Å². The van der Waals surface area contributed by atoms with Crippen LogP contribution in [0.3, 0.4) is 0 Å². The Bertz CT molecular complexity index is 1840. The Balaban J connectivity index is 1.20. The number of anilines is 1. The molecule has 0 amide bonds. The van der Waals surface area contributed by atoms with Crippen LogP contribution in [0.15, 0.2) is 26.9 Å². The van der Waals surface area contributed by atoms with Crippen molar-refractivity contribution in [2.45, 2.75) is 56.3 Å². The number of fused-ring (bicyclic) bond motifs is 1. The second-order valence-electron chi connectivity index (χ2n) is 11.9. The summed E-state index contributed by atoms with van der Waals surface area (Å²) in [4.78, 5) is 51.7. The lowest BCUT2D eigenvalue weighted by Crippen LogP contribution is -2.40. The number of rotatable bonds is 13. The average molecular weight is 714 g/mol. The third-order valence-corrected chi connectivity index (χ3v) is 10.3. The van der Waals surface area contributed by atoms with E-state index in [2.05, 4.69) is 29.9 Å². The third kappa shape index (κ3) is 7.56. The van der Waals surface area contributed by atoms with Crippen LogP contribution in [0.2, 0.25) is 0 Å². The van der Waals surface area contributed by atoms with E-state index in [9.17, 15) is 29.2 Å². The number of aliphatic hydroxyl groups is 2. The van der Waals surface area contributed by atoms with Crippen LogP contribution in [0, 0.1) is 6.92 Å². The summed E-state index contributed by atoms with van der Waals surface area (Å²) in [6.45, 7) is 3.71. The zero-order chi connectivity index (χ0) is 34.9. The van der Waals surface area contributed by atoms with Gasteiger partial charge in [0.25, 0.3) is 11.1 Å². The highest BCUT2D eigenvalue weighted by Crippen LogP contribution is 2.49. The molecule has 49 heavy (non-hydrogen) atoms. The Kier molecular flexibility index (Phi) is 10.8. The minimum atomic E-state index is -4.24. The summed E-state index contributed by atoms with van der Waals surface area (Å²) >= 11 is 0. The summed E-state index contributed by atoms with van der Waals surface area (Å²) in [5.41, 5.74) is 4.28. The van der Waals surface area contributed by atoms with Crippen LogP contribution >= 0.6 is 7.75 Å². The van der Waals surface area contributed by atoms with Crippen molar-refractivity contribution in [2.24, 2.45) is 0 Å². The molecule has 0 bridgehead atoms. The predicted octanol–water partition coefficient (Wildman–Crippen LogP) is -2.45. The first-order valence-corrected chi connectivity index (χ1v) is 17.2. The van der Waals surface area contributed by atoms with Gasteiger partial charge in [-0.1, -0.05) is 0 Å². The molecule has 22 heteroatoms. The molecule has 3 aromatic heterocycles. The number of methoxy groups -OCH3 is 1. The molecule has 2 unspecified atom stereocenters. The normalized spacial score (nSPS) is 29.1. The minimum Gasteiger partial charge on any atom is -0.394 e. The van der Waals surface area contributed by atoms with Crippen molar-refractivity contribution in [3.63, 3.8) is 0 Å². The third-order valence-electron chi connectivity index (χ3n) is 8.65. The molecule has 0 aliphatic carbocycles. The smallest absolute Gasteiger partial charge is 0.394 e. The van der Waals surface area contributed by atoms with Gasteiger partial charge >= 0.3 is 13.4 Å². The molecule has 21 nitrogen and oxygen atoms in total. The Morgan fingerprint density at radius 1 is 1.14 bits per heavy atom. The van der Waals surface area contributed by atoms with Gasteiger partial charge in [-0.05, 0) is 6.92 Å². The highest BCUT2D eigenvalue weighted by Gasteiger charge is 2.48. The Morgan fingerprint density at radius 3 is 2.65 bits per heavy atom. The molecule has 3 fully saturated rings. The van der Waals surface area contributed by atoms with Gasteiger partial charge < -0.3 is 34.9 Å². The van der Waals surface area contributed by atoms with Crippen molar-refractivity contribution >= 4 is 24.9 Å². The SMILES string of the molecule is COC1[C@@H](O)[C@@H](COP(=O)(NCCN2CCOCC2)O[C@@H]2C[C@H](n3cc(C)c(=O)[nH]c3=O)O[C@@H]2CO)O[C@H]1n1cnc2c(=O)[nH]c(N)nc21. The zero-order valence-corrected chi connectivity index (χ0v) is 27.7. The van der Waals surface area contributed by atoms with Gasteiger partial charge in [0.2, 0.25) is 5.95 Å². The van der Waals surface area contributed by atoms with Gasteiger partial charge in [0.1, 0.15) is 36.7 Å². The van der Waals surface area contributed by atoms with E-state index in [1.807, 2.05) is 0 Å². The van der Waals surface area contributed by atoms with Crippen molar-refractivity contribution in [2.75, 3.05) is 65.5 Å². The van der Waals surface area contributed by atoms with Crippen molar-refractivity contribution in [3.05, 3.63) is 49.3 Å². The number of H-pyrrole nitrogens is 2. The lowest BCUT2D eigenvalue weighted by Gasteiger charge is -2.29. The quantitative estimate of drug-likeness (QED) is 0.100. The van der Waals surface area contributed by atoms with Gasteiger partial charge in [-0.15, -0.1) is 0 Å². The average Bonchev–Trinajstić information content (AvgIpc) is 3.77. The highest BCUT2D eigenvalue weighted by molar-refractivity contribution is 7.51. The second kappa shape index (κ2) is 14.9. The molecular formula is C27H40N9O12P. The van der Waals surface area contributed by atoms with E-state index >= 15 is 0 Å². The molecule has 3 aromatic rings. The van der Waals surface area contributed by atoms with Gasteiger partial charge in [-0.2, -0.15) is 4.98 Å². The number of ether oxygens (including phenoxy) is 4. The molecule has 3 saturated heterocycles. The maximum absolute atomic E-state index is 14.4. The van der Waals surface area contributed by atoms with E-state index < -0.39 is 80.7 Å². The summed E-state index contributed by atoms with van der Waals surface area (Å²) in [7, 11) is -2.88. The molecule has 3 aliphatic heterocycles. The van der Waals surface area contributed by atoms with E-state index in [4.69, 9.17) is 33.7 Å². The summed E-state index contributed by atoms with van der Waals surface area (Å²) in [5.74, 6) is -0.146. The largest absolute Gasteiger partial charge is 0.406 e. The van der Waals surface area contributed by atoms with Gasteiger partial charge in [0, 0.05) is 51.5 Å². The molecule has 0 radical (unpaired) electrons. The number of aromatic amines is 2. The summed E-state index contributed by atoms with van der Waals surface area (Å²) in [6, 6.07) is 0. The number of nitrogens with zero attached hydrogens (tertiary/aromatic N) is 5. The molecular weight excluding hydrogens is 673 g/mol. The molecule has 6 heterocycles. The van der Waals surface area contributed by atoms with Crippen LogP contribution in [0.4, 0.5) is 5.95 Å². The first-order valence-electron chi connectivity index (χ1n) is 15.7. The van der Waals surface area contributed by atoms with Gasteiger partial charge in [0.05, 0.1) is 32.8 Å². The van der Waals surface area contributed by atoms with Crippen LogP contribution in [0.1, 0.15) is 24.4 Å². The van der Waals surface area contributed by atoms with Crippen molar-refractivity contribution < 1.29 is 42.8 Å². The minimum absolute atomic E-state index is 0.000906. The maximum Gasteiger partial charge on any atom is 0.406 e. The van der Waals surface area contributed by atoms with E-state index in [0.29, 0.717) is 32.8 Å². The maximum atomic E-state index is 14.4. The number of aliphatic hydroxyl groups excluding tert-OH is 2. The molecule has 0 aromatic carbocycles. The Hall–Kier alpha value is -3.34. The number of nitrogens with one attached hydrogen (secondary N) is 3.